The number of carbonyl (C=O) groups excluding carboxylic acids is 1. The number of rotatable bonds is 10. The molecule has 0 bridgehead atoms. The van der Waals surface area contributed by atoms with Crippen LogP contribution >= 0.6 is 11.8 Å². The van der Waals surface area contributed by atoms with Crippen molar-refractivity contribution in [3.8, 4) is 11.1 Å². The molecular weight excluding hydrogens is 398 g/mol. The molecule has 0 saturated heterocycles. The quantitative estimate of drug-likeness (QED) is 0.525. The summed E-state index contributed by atoms with van der Waals surface area (Å²) in [7, 11) is 0. The molecule has 2 aromatic rings. The lowest BCUT2D eigenvalue weighted by Gasteiger charge is -2.28. The average molecular weight is 428 g/mol. The number of carbonyl (C=O) groups is 2. The van der Waals surface area contributed by atoms with Crippen LogP contribution in [0.25, 0.3) is 11.1 Å². The predicted molar refractivity (Wildman–Crippen MR) is 121 cm³/mol. The highest BCUT2D eigenvalue weighted by Crippen LogP contribution is 2.44. The Balaban J connectivity index is 1.74. The van der Waals surface area contributed by atoms with Crippen molar-refractivity contribution in [3.05, 3.63) is 59.7 Å². The zero-order chi connectivity index (χ0) is 21.5. The van der Waals surface area contributed by atoms with Gasteiger partial charge in [0, 0.05) is 12.5 Å². The number of carboxylic acids is 1. The van der Waals surface area contributed by atoms with E-state index in [0.29, 0.717) is 25.1 Å². The van der Waals surface area contributed by atoms with Gasteiger partial charge in [0.2, 0.25) is 0 Å². The van der Waals surface area contributed by atoms with Crippen LogP contribution in [0.2, 0.25) is 0 Å². The summed E-state index contributed by atoms with van der Waals surface area (Å²) in [6.07, 6.45) is 0.542. The molecular formula is C24H29NO4S. The molecule has 0 aliphatic heterocycles. The molecule has 0 fully saturated rings. The SMILES string of the molecule is CCCN(C(=O)OCC1c2ccccc2-c2ccccc21)C(CCSCC)C(=O)O. The summed E-state index contributed by atoms with van der Waals surface area (Å²) in [5.74, 6) is 0.604. The summed E-state index contributed by atoms with van der Waals surface area (Å²) < 4.78 is 5.71. The number of ether oxygens (including phenoxy) is 1. The molecule has 6 heteroatoms. The summed E-state index contributed by atoms with van der Waals surface area (Å²) in [4.78, 5) is 26.1. The molecule has 0 spiro atoms. The van der Waals surface area contributed by atoms with Gasteiger partial charge in [-0.2, -0.15) is 11.8 Å². The van der Waals surface area contributed by atoms with Crippen LogP contribution in [0.15, 0.2) is 48.5 Å². The van der Waals surface area contributed by atoms with E-state index in [9.17, 15) is 14.7 Å². The Morgan fingerprint density at radius 1 is 1.07 bits per heavy atom. The van der Waals surface area contributed by atoms with E-state index in [4.69, 9.17) is 4.74 Å². The zero-order valence-electron chi connectivity index (χ0n) is 17.5. The molecule has 1 atom stereocenters. The Kier molecular flexibility index (Phi) is 7.80. The van der Waals surface area contributed by atoms with Gasteiger partial charge in [-0.15, -0.1) is 0 Å². The van der Waals surface area contributed by atoms with Gasteiger partial charge in [0.1, 0.15) is 12.6 Å². The van der Waals surface area contributed by atoms with Gasteiger partial charge in [0.05, 0.1) is 0 Å². The second-order valence-corrected chi connectivity index (χ2v) is 8.73. The van der Waals surface area contributed by atoms with E-state index in [0.717, 1.165) is 16.9 Å². The molecule has 30 heavy (non-hydrogen) atoms. The maximum Gasteiger partial charge on any atom is 0.410 e. The van der Waals surface area contributed by atoms with Gasteiger partial charge in [-0.05, 0) is 46.6 Å². The Bertz CT molecular complexity index is 840. The molecule has 160 valence electrons. The fourth-order valence-corrected chi connectivity index (χ4v) is 4.72. The highest BCUT2D eigenvalue weighted by atomic mass is 32.2. The predicted octanol–water partition coefficient (Wildman–Crippen LogP) is 5.24. The monoisotopic (exact) mass is 427 g/mol. The lowest BCUT2D eigenvalue weighted by atomic mass is 9.98. The van der Waals surface area contributed by atoms with Crippen LogP contribution in [0.5, 0.6) is 0 Å². The maximum absolute atomic E-state index is 12.9. The normalized spacial score (nSPS) is 13.4. The number of benzene rings is 2. The maximum atomic E-state index is 12.9. The van der Waals surface area contributed by atoms with Gasteiger partial charge in [-0.3, -0.25) is 4.90 Å². The number of aliphatic carboxylic acids is 1. The average Bonchev–Trinajstić information content (AvgIpc) is 3.07. The van der Waals surface area contributed by atoms with Crippen LogP contribution in [-0.4, -0.2) is 52.8 Å². The van der Waals surface area contributed by atoms with Crippen LogP contribution in [-0.2, 0) is 9.53 Å². The van der Waals surface area contributed by atoms with E-state index in [2.05, 4.69) is 24.3 Å². The summed E-state index contributed by atoms with van der Waals surface area (Å²) in [6, 6.07) is 15.5. The molecule has 1 N–H and O–H groups in total. The first-order valence-electron chi connectivity index (χ1n) is 10.5. The lowest BCUT2D eigenvalue weighted by molar-refractivity contribution is -0.142. The Hall–Kier alpha value is -2.47. The highest BCUT2D eigenvalue weighted by Gasteiger charge is 2.33. The van der Waals surface area contributed by atoms with Crippen LogP contribution in [0.4, 0.5) is 4.79 Å². The molecule has 0 heterocycles. The number of hydrogen-bond donors (Lipinski definition) is 1. The van der Waals surface area contributed by atoms with Crippen molar-refractivity contribution in [2.75, 3.05) is 24.7 Å². The lowest BCUT2D eigenvalue weighted by Crippen LogP contribution is -2.46. The molecule has 0 radical (unpaired) electrons. The summed E-state index contributed by atoms with van der Waals surface area (Å²) in [5, 5.41) is 9.70. The molecule has 0 saturated carbocycles. The van der Waals surface area contributed by atoms with E-state index in [1.807, 2.05) is 38.1 Å². The first kappa shape index (κ1) is 22.2. The van der Waals surface area contributed by atoms with E-state index in [1.54, 1.807) is 11.8 Å². The second-order valence-electron chi connectivity index (χ2n) is 7.34. The van der Waals surface area contributed by atoms with Crippen molar-refractivity contribution >= 4 is 23.8 Å². The fourth-order valence-electron chi connectivity index (χ4n) is 4.04. The molecule has 1 unspecified atom stereocenters. The molecule has 1 aliphatic carbocycles. The van der Waals surface area contributed by atoms with E-state index in [1.165, 1.54) is 16.0 Å². The molecule has 2 aromatic carbocycles. The third-order valence-corrected chi connectivity index (χ3v) is 6.37. The minimum absolute atomic E-state index is 0.0382. The summed E-state index contributed by atoms with van der Waals surface area (Å²) >= 11 is 1.68. The Labute approximate surface area is 182 Å². The number of amides is 1. The van der Waals surface area contributed by atoms with E-state index >= 15 is 0 Å². The van der Waals surface area contributed by atoms with Crippen molar-refractivity contribution in [1.82, 2.24) is 4.90 Å². The standard InChI is InChI=1S/C24H29NO4S/c1-3-14-25(22(23(26)27)13-15-30-4-2)24(28)29-16-21-19-11-7-5-9-17(19)18-10-6-8-12-20(18)21/h5-12,21-22H,3-4,13-16H2,1-2H3,(H,26,27). The van der Waals surface area contributed by atoms with Crippen molar-refractivity contribution in [2.45, 2.75) is 38.6 Å². The molecule has 1 aliphatic rings. The molecule has 0 aromatic heterocycles. The first-order valence-corrected chi connectivity index (χ1v) is 11.7. The van der Waals surface area contributed by atoms with Crippen molar-refractivity contribution < 1.29 is 19.4 Å². The molecule has 1 amide bonds. The summed E-state index contributed by atoms with van der Waals surface area (Å²) in [6.45, 7) is 4.53. The van der Waals surface area contributed by atoms with E-state index in [-0.39, 0.29) is 12.5 Å². The number of nitrogens with zero attached hydrogens (tertiary/aromatic N) is 1. The number of hydrogen-bond acceptors (Lipinski definition) is 4. The number of thioether (sulfide) groups is 1. The second kappa shape index (κ2) is 10.5. The number of fused-ring (bicyclic) bond motifs is 3. The fraction of sp³-hybridized carbons (Fsp3) is 0.417. The Morgan fingerprint density at radius 3 is 2.20 bits per heavy atom. The van der Waals surface area contributed by atoms with Gasteiger partial charge in [0.25, 0.3) is 0 Å². The van der Waals surface area contributed by atoms with Gasteiger partial charge in [0.15, 0.2) is 0 Å². The van der Waals surface area contributed by atoms with Gasteiger partial charge >= 0.3 is 12.1 Å². The van der Waals surface area contributed by atoms with Crippen LogP contribution in [0, 0.1) is 0 Å². The largest absolute Gasteiger partial charge is 0.480 e. The minimum Gasteiger partial charge on any atom is -0.480 e. The topological polar surface area (TPSA) is 66.8 Å². The van der Waals surface area contributed by atoms with Crippen molar-refractivity contribution in [3.63, 3.8) is 0 Å². The minimum atomic E-state index is -0.978. The first-order chi connectivity index (χ1) is 14.6. The Morgan fingerprint density at radius 2 is 1.67 bits per heavy atom. The van der Waals surface area contributed by atoms with Gasteiger partial charge < -0.3 is 9.84 Å². The smallest absolute Gasteiger partial charge is 0.410 e. The van der Waals surface area contributed by atoms with Crippen molar-refractivity contribution in [1.29, 1.82) is 0 Å². The van der Waals surface area contributed by atoms with Crippen LogP contribution < -0.4 is 0 Å². The van der Waals surface area contributed by atoms with E-state index < -0.39 is 18.1 Å². The van der Waals surface area contributed by atoms with Crippen molar-refractivity contribution in [2.24, 2.45) is 0 Å². The third kappa shape index (κ3) is 4.81. The van der Waals surface area contributed by atoms with Crippen LogP contribution in [0.1, 0.15) is 43.7 Å². The molecule has 3 rings (SSSR count). The van der Waals surface area contributed by atoms with Crippen LogP contribution in [0.3, 0.4) is 0 Å². The number of carboxylic acid groups (broad SMARTS) is 1. The molecule has 5 nitrogen and oxygen atoms in total. The third-order valence-electron chi connectivity index (χ3n) is 5.44. The van der Waals surface area contributed by atoms with Gasteiger partial charge in [-0.25, -0.2) is 9.59 Å². The summed E-state index contributed by atoms with van der Waals surface area (Å²) in [5.41, 5.74) is 4.62. The highest BCUT2D eigenvalue weighted by molar-refractivity contribution is 7.99. The zero-order valence-corrected chi connectivity index (χ0v) is 18.4. The van der Waals surface area contributed by atoms with Gasteiger partial charge in [-0.1, -0.05) is 62.4 Å².